The summed E-state index contributed by atoms with van der Waals surface area (Å²) in [6, 6.07) is 1.98. The summed E-state index contributed by atoms with van der Waals surface area (Å²) < 4.78 is 0. The first-order valence-corrected chi connectivity index (χ1v) is 7.28. The zero-order valence-corrected chi connectivity index (χ0v) is 11.6. The van der Waals surface area contributed by atoms with Crippen molar-refractivity contribution in [1.82, 2.24) is 4.98 Å². The van der Waals surface area contributed by atoms with Crippen LogP contribution in [-0.2, 0) is 0 Å². The highest BCUT2D eigenvalue weighted by Crippen LogP contribution is 2.41. The number of rotatable bonds is 1. The molecule has 2 atom stereocenters. The zero-order chi connectivity index (χ0) is 13.5. The van der Waals surface area contributed by atoms with Crippen LogP contribution in [0.1, 0.15) is 37.7 Å². The Hall–Kier alpha value is -1.29. The van der Waals surface area contributed by atoms with Gasteiger partial charge >= 0.3 is 0 Å². The molecule has 1 aromatic rings. The van der Waals surface area contributed by atoms with Crippen LogP contribution in [0, 0.1) is 12.8 Å². The van der Waals surface area contributed by atoms with E-state index in [0.717, 1.165) is 55.8 Å². The van der Waals surface area contributed by atoms with E-state index in [-0.39, 0.29) is 0 Å². The van der Waals surface area contributed by atoms with Gasteiger partial charge in [0.1, 0.15) is 0 Å². The molecular formula is C15H23N3O. The molecule has 1 aliphatic carbocycles. The smallest absolute Gasteiger partial charge is 0.151 e. The molecule has 1 aromatic heterocycles. The molecule has 0 amide bonds. The molecule has 0 radical (unpaired) electrons. The van der Waals surface area contributed by atoms with Gasteiger partial charge in [0.2, 0.25) is 0 Å². The van der Waals surface area contributed by atoms with E-state index in [4.69, 9.17) is 5.73 Å². The van der Waals surface area contributed by atoms with Crippen LogP contribution in [0.3, 0.4) is 0 Å². The summed E-state index contributed by atoms with van der Waals surface area (Å²) in [5.41, 5.74) is 7.49. The van der Waals surface area contributed by atoms with Gasteiger partial charge in [-0.2, -0.15) is 0 Å². The minimum atomic E-state index is -0.436. The third-order valence-corrected chi connectivity index (χ3v) is 4.76. The Bertz CT molecular complexity index is 476. The molecular weight excluding hydrogens is 238 g/mol. The number of hydrogen-bond acceptors (Lipinski definition) is 4. The van der Waals surface area contributed by atoms with E-state index < -0.39 is 5.60 Å². The summed E-state index contributed by atoms with van der Waals surface area (Å²) in [6.07, 6.45) is 7.19. The van der Waals surface area contributed by atoms with Gasteiger partial charge in [-0.3, -0.25) is 0 Å². The molecule has 2 fully saturated rings. The summed E-state index contributed by atoms with van der Waals surface area (Å²) in [5, 5.41) is 10.7. The van der Waals surface area contributed by atoms with Crippen LogP contribution in [0.25, 0.3) is 0 Å². The van der Waals surface area contributed by atoms with E-state index in [0.29, 0.717) is 5.92 Å². The number of aryl methyl sites for hydroxylation is 1. The van der Waals surface area contributed by atoms with Crippen LogP contribution in [0.2, 0.25) is 0 Å². The lowest BCUT2D eigenvalue weighted by Crippen LogP contribution is -2.53. The molecule has 4 nitrogen and oxygen atoms in total. The average Bonchev–Trinajstić information content (AvgIpc) is 2.38. The number of nitrogens with zero attached hydrogens (tertiary/aromatic N) is 2. The molecule has 104 valence electrons. The lowest BCUT2D eigenvalue weighted by atomic mass is 9.71. The van der Waals surface area contributed by atoms with Crippen molar-refractivity contribution in [3.8, 4) is 0 Å². The number of fused-ring (bicyclic) bond motifs is 1. The van der Waals surface area contributed by atoms with E-state index >= 15 is 0 Å². The van der Waals surface area contributed by atoms with Gasteiger partial charge in [0.25, 0.3) is 0 Å². The Balaban J connectivity index is 1.80. The third-order valence-electron chi connectivity index (χ3n) is 4.76. The molecule has 2 unspecified atom stereocenters. The van der Waals surface area contributed by atoms with Gasteiger partial charge in [-0.1, -0.05) is 12.8 Å². The minimum Gasteiger partial charge on any atom is -0.396 e. The highest BCUT2D eigenvalue weighted by atomic mass is 16.3. The van der Waals surface area contributed by atoms with E-state index in [2.05, 4.69) is 9.88 Å². The highest BCUT2D eigenvalue weighted by molar-refractivity contribution is 5.63. The van der Waals surface area contributed by atoms with Gasteiger partial charge in [-0.05, 0) is 37.8 Å². The fraction of sp³-hybridized carbons (Fsp3) is 0.667. The Labute approximate surface area is 114 Å². The minimum absolute atomic E-state index is 0.373. The monoisotopic (exact) mass is 261 g/mol. The lowest BCUT2D eigenvalue weighted by molar-refractivity contribution is -0.0613. The van der Waals surface area contributed by atoms with Gasteiger partial charge in [0.15, 0.2) is 5.82 Å². The average molecular weight is 261 g/mol. The first-order chi connectivity index (χ1) is 9.08. The molecule has 2 aliphatic rings. The molecule has 1 aliphatic heterocycles. The molecule has 3 N–H and O–H groups in total. The highest BCUT2D eigenvalue weighted by Gasteiger charge is 2.43. The molecule has 19 heavy (non-hydrogen) atoms. The van der Waals surface area contributed by atoms with E-state index in [9.17, 15) is 5.11 Å². The predicted octanol–water partition coefficient (Wildman–Crippen LogP) is 2.10. The summed E-state index contributed by atoms with van der Waals surface area (Å²) in [6.45, 7) is 3.74. The fourth-order valence-electron chi connectivity index (χ4n) is 3.61. The van der Waals surface area contributed by atoms with Crippen LogP contribution in [0.15, 0.2) is 12.3 Å². The van der Waals surface area contributed by atoms with Crippen LogP contribution >= 0.6 is 0 Å². The van der Waals surface area contributed by atoms with Gasteiger partial charge in [-0.15, -0.1) is 0 Å². The van der Waals surface area contributed by atoms with Crippen molar-refractivity contribution in [2.45, 2.75) is 44.6 Å². The van der Waals surface area contributed by atoms with Crippen LogP contribution in [-0.4, -0.2) is 28.8 Å². The summed E-state index contributed by atoms with van der Waals surface area (Å²) >= 11 is 0. The van der Waals surface area contributed by atoms with E-state index in [1.54, 1.807) is 0 Å². The van der Waals surface area contributed by atoms with Gasteiger partial charge < -0.3 is 15.7 Å². The number of hydrogen-bond donors (Lipinski definition) is 2. The lowest BCUT2D eigenvalue weighted by Gasteiger charge is -2.47. The molecule has 1 saturated carbocycles. The normalized spacial score (nSPS) is 31.1. The van der Waals surface area contributed by atoms with E-state index in [1.807, 2.05) is 19.2 Å². The van der Waals surface area contributed by atoms with Crippen molar-refractivity contribution >= 4 is 11.5 Å². The first-order valence-electron chi connectivity index (χ1n) is 7.28. The van der Waals surface area contributed by atoms with Crippen molar-refractivity contribution in [3.63, 3.8) is 0 Å². The summed E-state index contributed by atoms with van der Waals surface area (Å²) in [5.74, 6) is 1.26. The molecule has 0 aromatic carbocycles. The summed E-state index contributed by atoms with van der Waals surface area (Å²) in [4.78, 5) is 6.73. The Morgan fingerprint density at radius 2 is 2.26 bits per heavy atom. The summed E-state index contributed by atoms with van der Waals surface area (Å²) in [7, 11) is 0. The molecule has 0 bridgehead atoms. The van der Waals surface area contributed by atoms with Crippen molar-refractivity contribution in [1.29, 1.82) is 0 Å². The Morgan fingerprint density at radius 1 is 1.42 bits per heavy atom. The van der Waals surface area contributed by atoms with E-state index in [1.165, 1.54) is 6.42 Å². The maximum absolute atomic E-state index is 10.7. The number of nitrogens with two attached hydrogens (primary N) is 1. The van der Waals surface area contributed by atoms with Gasteiger partial charge in [0, 0.05) is 25.2 Å². The SMILES string of the molecule is Cc1cnc(N2CCC3(O)CCCCC3C2)c(N)c1. The van der Waals surface area contributed by atoms with Crippen molar-refractivity contribution in [3.05, 3.63) is 17.8 Å². The topological polar surface area (TPSA) is 62.4 Å². The quantitative estimate of drug-likeness (QED) is 0.812. The largest absolute Gasteiger partial charge is 0.396 e. The molecule has 4 heteroatoms. The second-order valence-corrected chi connectivity index (χ2v) is 6.17. The maximum Gasteiger partial charge on any atom is 0.151 e. The Kier molecular flexibility index (Phi) is 3.13. The second kappa shape index (κ2) is 4.67. The molecule has 3 rings (SSSR count). The second-order valence-electron chi connectivity index (χ2n) is 6.17. The number of aromatic nitrogens is 1. The zero-order valence-electron chi connectivity index (χ0n) is 11.6. The molecule has 1 saturated heterocycles. The Morgan fingerprint density at radius 3 is 3.05 bits per heavy atom. The standard InChI is InChI=1S/C15H23N3O/c1-11-8-13(16)14(17-9-11)18-7-6-15(19)5-3-2-4-12(15)10-18/h8-9,12,19H,2-7,10,16H2,1H3. The van der Waals surface area contributed by atoms with Crippen LogP contribution < -0.4 is 10.6 Å². The van der Waals surface area contributed by atoms with Gasteiger partial charge in [-0.25, -0.2) is 4.98 Å². The third kappa shape index (κ3) is 2.29. The van der Waals surface area contributed by atoms with Crippen molar-refractivity contribution < 1.29 is 5.11 Å². The van der Waals surface area contributed by atoms with Crippen LogP contribution in [0.4, 0.5) is 11.5 Å². The predicted molar refractivity (Wildman–Crippen MR) is 77.1 cm³/mol. The number of piperidine rings is 1. The van der Waals surface area contributed by atoms with Crippen LogP contribution in [0.5, 0.6) is 0 Å². The van der Waals surface area contributed by atoms with Crippen molar-refractivity contribution in [2.24, 2.45) is 5.92 Å². The molecule has 0 spiro atoms. The van der Waals surface area contributed by atoms with Gasteiger partial charge in [0.05, 0.1) is 11.3 Å². The maximum atomic E-state index is 10.7. The first kappa shape index (κ1) is 12.7. The number of anilines is 2. The van der Waals surface area contributed by atoms with Crippen molar-refractivity contribution in [2.75, 3.05) is 23.7 Å². The number of nitrogen functional groups attached to an aromatic ring is 1. The fourth-order valence-corrected chi connectivity index (χ4v) is 3.61. The molecule has 2 heterocycles. The number of aliphatic hydroxyl groups is 1. The number of pyridine rings is 1.